The molecule has 0 fully saturated rings. The minimum atomic E-state index is -3.06. The van der Waals surface area contributed by atoms with E-state index < -0.39 is 24.9 Å². The lowest BCUT2D eigenvalue weighted by atomic mass is 10.2. The second kappa shape index (κ2) is 9.62. The maximum absolute atomic E-state index is 12.8. The van der Waals surface area contributed by atoms with Crippen LogP contribution < -0.4 is 11.1 Å². The van der Waals surface area contributed by atoms with E-state index in [1.807, 2.05) is 6.92 Å². The van der Waals surface area contributed by atoms with E-state index in [-0.39, 0.29) is 18.8 Å². The molecule has 1 rings (SSSR count). The Balaban J connectivity index is 0.00000400. The number of alkyl halides is 2. The van der Waals surface area contributed by atoms with Gasteiger partial charge in [0.25, 0.3) is 5.92 Å². The minimum Gasteiger partial charge on any atom is -0.350 e. The molecule has 3 N–H and O–H groups in total. The number of nitrogens with two attached hydrogens (primary N) is 1. The lowest BCUT2D eigenvalue weighted by molar-refractivity contribution is -0.123. The Labute approximate surface area is 128 Å². The van der Waals surface area contributed by atoms with Crippen LogP contribution >= 0.6 is 12.4 Å². The molecule has 0 unspecified atom stereocenters. The van der Waals surface area contributed by atoms with Gasteiger partial charge in [-0.15, -0.1) is 12.4 Å². The quantitative estimate of drug-likeness (QED) is 0.716. The first-order valence-corrected chi connectivity index (χ1v) is 6.63. The van der Waals surface area contributed by atoms with Crippen LogP contribution in [0.5, 0.6) is 0 Å². The number of nitrogens with zero attached hydrogens (tertiary/aromatic N) is 2. The van der Waals surface area contributed by atoms with Crippen LogP contribution in [0.25, 0.3) is 0 Å². The summed E-state index contributed by atoms with van der Waals surface area (Å²) in [5.41, 5.74) is 4.87. The molecule has 0 saturated carbocycles. The summed E-state index contributed by atoms with van der Waals surface area (Å²) in [4.78, 5) is 15.5. The summed E-state index contributed by atoms with van der Waals surface area (Å²) in [5, 5.41) is 5.93. The van der Waals surface area contributed by atoms with Gasteiger partial charge in [0.2, 0.25) is 11.8 Å². The van der Waals surface area contributed by atoms with E-state index in [0.29, 0.717) is 24.6 Å². The van der Waals surface area contributed by atoms with Gasteiger partial charge in [0.1, 0.15) is 0 Å². The summed E-state index contributed by atoms with van der Waals surface area (Å²) >= 11 is 0. The molecule has 21 heavy (non-hydrogen) atoms. The van der Waals surface area contributed by atoms with Crippen LogP contribution in [0, 0.1) is 0 Å². The molecular weight excluding hydrogens is 306 g/mol. The fourth-order valence-corrected chi connectivity index (χ4v) is 1.51. The number of aryl methyl sites for hydroxylation is 2. The van der Waals surface area contributed by atoms with Crippen molar-refractivity contribution in [3.8, 4) is 0 Å². The zero-order chi connectivity index (χ0) is 15.0. The van der Waals surface area contributed by atoms with E-state index in [9.17, 15) is 13.6 Å². The smallest absolute Gasteiger partial charge is 0.277 e. The number of nitrogens with one attached hydrogen (secondary N) is 1. The molecule has 122 valence electrons. The number of hydrogen-bond acceptors (Lipinski definition) is 5. The van der Waals surface area contributed by atoms with Crippen LogP contribution in [0.2, 0.25) is 0 Å². The molecule has 0 radical (unpaired) electrons. The van der Waals surface area contributed by atoms with E-state index in [4.69, 9.17) is 10.3 Å². The summed E-state index contributed by atoms with van der Waals surface area (Å²) in [7, 11) is 0. The van der Waals surface area contributed by atoms with Gasteiger partial charge in [-0.25, -0.2) is 8.78 Å². The van der Waals surface area contributed by atoms with Crippen molar-refractivity contribution in [2.75, 3.05) is 13.1 Å². The molecule has 1 amide bonds. The van der Waals surface area contributed by atoms with Crippen molar-refractivity contribution in [2.45, 2.75) is 45.0 Å². The topological polar surface area (TPSA) is 94.0 Å². The highest BCUT2D eigenvalue weighted by molar-refractivity contribution is 5.85. The van der Waals surface area contributed by atoms with Crippen molar-refractivity contribution in [3.05, 3.63) is 11.7 Å². The van der Waals surface area contributed by atoms with E-state index in [2.05, 4.69) is 15.5 Å². The normalized spacial score (nSPS) is 11.0. The summed E-state index contributed by atoms with van der Waals surface area (Å²) in [5.74, 6) is -2.38. The summed E-state index contributed by atoms with van der Waals surface area (Å²) in [6.45, 7) is 0.497. The van der Waals surface area contributed by atoms with Gasteiger partial charge in [-0.05, 0) is 12.8 Å². The molecule has 1 heterocycles. The van der Waals surface area contributed by atoms with E-state index >= 15 is 0 Å². The monoisotopic (exact) mass is 326 g/mol. The van der Waals surface area contributed by atoms with Crippen molar-refractivity contribution in [1.82, 2.24) is 15.5 Å². The van der Waals surface area contributed by atoms with Gasteiger partial charge in [-0.2, -0.15) is 4.98 Å². The van der Waals surface area contributed by atoms with Gasteiger partial charge >= 0.3 is 0 Å². The number of amides is 1. The Bertz CT molecular complexity index is 429. The number of aromatic nitrogens is 2. The first kappa shape index (κ1) is 19.7. The molecule has 9 heteroatoms. The van der Waals surface area contributed by atoms with Crippen LogP contribution in [-0.4, -0.2) is 35.1 Å². The summed E-state index contributed by atoms with van der Waals surface area (Å²) < 4.78 is 30.6. The van der Waals surface area contributed by atoms with Gasteiger partial charge in [-0.3, -0.25) is 4.79 Å². The third-order valence-corrected chi connectivity index (χ3v) is 2.62. The highest BCUT2D eigenvalue weighted by atomic mass is 35.5. The standard InChI is InChI=1S/C12H20F2N4O2.ClH/c1-2-4-9-17-11(20-18-9)6-3-5-10(19)16-8-12(13,14)7-15;/h2-8,15H2,1H3,(H,16,19);1H. The van der Waals surface area contributed by atoms with Gasteiger partial charge in [0, 0.05) is 19.3 Å². The fourth-order valence-electron chi connectivity index (χ4n) is 1.51. The SMILES string of the molecule is CCCc1noc(CCCC(=O)NCC(F)(F)CN)n1.Cl. The molecule has 0 aliphatic heterocycles. The second-order valence-corrected chi connectivity index (χ2v) is 4.54. The highest BCUT2D eigenvalue weighted by Crippen LogP contribution is 2.09. The largest absolute Gasteiger partial charge is 0.350 e. The minimum absolute atomic E-state index is 0. The average Bonchev–Trinajstić information content (AvgIpc) is 2.85. The van der Waals surface area contributed by atoms with Crippen LogP contribution in [0.15, 0.2) is 4.52 Å². The van der Waals surface area contributed by atoms with Crippen LogP contribution in [-0.2, 0) is 17.6 Å². The van der Waals surface area contributed by atoms with Crippen molar-refractivity contribution < 1.29 is 18.1 Å². The lowest BCUT2D eigenvalue weighted by Crippen LogP contribution is -2.41. The average molecular weight is 327 g/mol. The van der Waals surface area contributed by atoms with Crippen molar-refractivity contribution >= 4 is 18.3 Å². The Morgan fingerprint density at radius 3 is 2.76 bits per heavy atom. The lowest BCUT2D eigenvalue weighted by Gasteiger charge is -2.14. The molecule has 6 nitrogen and oxygen atoms in total. The molecule has 0 spiro atoms. The molecular formula is C12H21ClF2N4O2. The second-order valence-electron chi connectivity index (χ2n) is 4.54. The van der Waals surface area contributed by atoms with Crippen molar-refractivity contribution in [3.63, 3.8) is 0 Å². The molecule has 0 atom stereocenters. The van der Waals surface area contributed by atoms with Crippen LogP contribution in [0.3, 0.4) is 0 Å². The first-order valence-electron chi connectivity index (χ1n) is 6.63. The highest BCUT2D eigenvalue weighted by Gasteiger charge is 2.26. The fraction of sp³-hybridized carbons (Fsp3) is 0.750. The van der Waals surface area contributed by atoms with Gasteiger partial charge < -0.3 is 15.6 Å². The Hall–Kier alpha value is -1.28. The molecule has 0 bridgehead atoms. The molecule has 0 aliphatic carbocycles. The Morgan fingerprint density at radius 1 is 1.43 bits per heavy atom. The number of carbonyl (C=O) groups is 1. The van der Waals surface area contributed by atoms with E-state index in [1.165, 1.54) is 0 Å². The molecule has 1 aromatic rings. The number of hydrogen-bond donors (Lipinski definition) is 2. The maximum Gasteiger partial charge on any atom is 0.277 e. The van der Waals surface area contributed by atoms with E-state index in [1.54, 1.807) is 0 Å². The molecule has 1 aromatic heterocycles. The molecule has 0 aromatic carbocycles. The zero-order valence-electron chi connectivity index (χ0n) is 11.9. The summed E-state index contributed by atoms with van der Waals surface area (Å²) in [6.07, 6.45) is 2.73. The first-order chi connectivity index (χ1) is 9.46. The predicted octanol–water partition coefficient (Wildman–Crippen LogP) is 1.48. The number of carbonyl (C=O) groups excluding carboxylic acids is 1. The van der Waals surface area contributed by atoms with Crippen molar-refractivity contribution in [2.24, 2.45) is 5.73 Å². The third-order valence-electron chi connectivity index (χ3n) is 2.62. The third kappa shape index (κ3) is 7.91. The predicted molar refractivity (Wildman–Crippen MR) is 75.5 cm³/mol. The molecule has 0 aliphatic rings. The zero-order valence-corrected chi connectivity index (χ0v) is 12.7. The van der Waals surface area contributed by atoms with E-state index in [0.717, 1.165) is 12.8 Å². The van der Waals surface area contributed by atoms with Gasteiger partial charge in [0.15, 0.2) is 5.82 Å². The summed E-state index contributed by atoms with van der Waals surface area (Å²) in [6, 6.07) is 0. The van der Waals surface area contributed by atoms with Crippen molar-refractivity contribution in [1.29, 1.82) is 0 Å². The van der Waals surface area contributed by atoms with Gasteiger partial charge in [-0.1, -0.05) is 12.1 Å². The Morgan fingerprint density at radius 2 is 2.14 bits per heavy atom. The van der Waals surface area contributed by atoms with Gasteiger partial charge in [0.05, 0.1) is 13.1 Å². The van der Waals surface area contributed by atoms with Crippen LogP contribution in [0.1, 0.15) is 37.9 Å². The number of halogens is 3. The maximum atomic E-state index is 12.8. The van der Waals surface area contributed by atoms with Crippen LogP contribution in [0.4, 0.5) is 8.78 Å². The molecule has 0 saturated heterocycles. The Kier molecular flexibility index (Phi) is 9.03. The number of rotatable bonds is 9.